The molecule has 1 N–H and O–H groups in total. The number of hydrogen-bond donors (Lipinski definition) is 1. The molecular formula is C25H21NO2S. The van der Waals surface area contributed by atoms with E-state index < -0.39 is 6.10 Å². The monoisotopic (exact) mass is 399 g/mol. The van der Waals surface area contributed by atoms with E-state index >= 15 is 0 Å². The second-order valence-electron chi connectivity index (χ2n) is 6.64. The van der Waals surface area contributed by atoms with Gasteiger partial charge in [-0.2, -0.15) is 0 Å². The molecule has 0 saturated carbocycles. The molecular weight excluding hydrogens is 378 g/mol. The highest BCUT2D eigenvalue weighted by molar-refractivity contribution is 7.99. The van der Waals surface area contributed by atoms with E-state index in [0.29, 0.717) is 5.75 Å². The zero-order valence-electron chi connectivity index (χ0n) is 16.0. The topological polar surface area (TPSA) is 38.3 Å². The molecule has 144 valence electrons. The Morgan fingerprint density at radius 1 is 0.828 bits per heavy atom. The van der Waals surface area contributed by atoms with Crippen molar-refractivity contribution in [3.8, 4) is 5.75 Å². The molecule has 0 saturated heterocycles. The van der Waals surface area contributed by atoms with Crippen molar-refractivity contribution in [2.45, 2.75) is 22.8 Å². The summed E-state index contributed by atoms with van der Waals surface area (Å²) in [6.45, 7) is 1.77. The summed E-state index contributed by atoms with van der Waals surface area (Å²) in [4.78, 5) is 14.9. The lowest BCUT2D eigenvalue weighted by Crippen LogP contribution is -2.30. The van der Waals surface area contributed by atoms with Crippen LogP contribution in [0.1, 0.15) is 6.92 Å². The second-order valence-corrected chi connectivity index (χ2v) is 7.75. The average molecular weight is 400 g/mol. The minimum atomic E-state index is -0.629. The quantitative estimate of drug-likeness (QED) is 0.408. The molecule has 0 unspecified atom stereocenters. The van der Waals surface area contributed by atoms with E-state index in [0.717, 1.165) is 26.3 Å². The minimum absolute atomic E-state index is 0.181. The fourth-order valence-electron chi connectivity index (χ4n) is 3.05. The molecule has 4 heteroatoms. The number of nitrogens with one attached hydrogen (secondary N) is 1. The van der Waals surface area contributed by atoms with E-state index in [1.165, 1.54) is 0 Å². The first kappa shape index (κ1) is 19.1. The average Bonchev–Trinajstić information content (AvgIpc) is 2.76. The van der Waals surface area contributed by atoms with Crippen LogP contribution in [0, 0.1) is 0 Å². The van der Waals surface area contributed by atoms with E-state index in [1.54, 1.807) is 18.7 Å². The van der Waals surface area contributed by atoms with E-state index in [9.17, 15) is 4.79 Å². The number of amides is 1. The van der Waals surface area contributed by atoms with Crippen LogP contribution in [0.2, 0.25) is 0 Å². The summed E-state index contributed by atoms with van der Waals surface area (Å²) in [6.07, 6.45) is -0.629. The van der Waals surface area contributed by atoms with E-state index in [2.05, 4.69) is 17.4 Å². The molecule has 0 fully saturated rings. The molecule has 0 heterocycles. The Hall–Kier alpha value is -3.24. The lowest BCUT2D eigenvalue weighted by Gasteiger charge is -2.17. The third-order valence-electron chi connectivity index (χ3n) is 4.54. The number of carbonyl (C=O) groups excluding carboxylic acids is 1. The molecule has 0 aromatic heterocycles. The van der Waals surface area contributed by atoms with E-state index in [-0.39, 0.29) is 5.91 Å². The number of hydrogen-bond acceptors (Lipinski definition) is 3. The Balaban J connectivity index is 1.49. The molecule has 1 atom stereocenters. The number of ether oxygens (including phenoxy) is 1. The standard InChI is InChI=1S/C25H21NO2S/c1-18(28-23-16-9-11-19-10-5-6-14-21(19)23)25(27)26-22-15-7-8-17-24(22)29-20-12-3-2-4-13-20/h2-18H,1H3,(H,26,27)/t18-/m0/s1. The van der Waals surface area contributed by atoms with Gasteiger partial charge in [-0.3, -0.25) is 4.79 Å². The maximum atomic E-state index is 12.8. The van der Waals surface area contributed by atoms with Gasteiger partial charge in [0, 0.05) is 15.2 Å². The number of anilines is 1. The van der Waals surface area contributed by atoms with Crippen molar-refractivity contribution in [3.63, 3.8) is 0 Å². The summed E-state index contributed by atoms with van der Waals surface area (Å²) in [7, 11) is 0. The second kappa shape index (κ2) is 8.84. The van der Waals surface area contributed by atoms with Crippen LogP contribution in [0.4, 0.5) is 5.69 Å². The van der Waals surface area contributed by atoms with Crippen LogP contribution in [0.25, 0.3) is 10.8 Å². The third kappa shape index (κ3) is 4.61. The van der Waals surface area contributed by atoms with Gasteiger partial charge in [-0.05, 0) is 42.6 Å². The molecule has 0 aliphatic rings. The third-order valence-corrected chi connectivity index (χ3v) is 5.62. The Morgan fingerprint density at radius 3 is 2.38 bits per heavy atom. The zero-order chi connectivity index (χ0) is 20.1. The van der Waals surface area contributed by atoms with Gasteiger partial charge < -0.3 is 10.1 Å². The van der Waals surface area contributed by atoms with Gasteiger partial charge in [0.2, 0.25) is 0 Å². The first-order chi connectivity index (χ1) is 14.2. The molecule has 0 aliphatic carbocycles. The zero-order valence-corrected chi connectivity index (χ0v) is 16.9. The Bertz CT molecular complexity index is 1120. The highest BCUT2D eigenvalue weighted by Crippen LogP contribution is 2.33. The van der Waals surface area contributed by atoms with Crippen molar-refractivity contribution in [2.75, 3.05) is 5.32 Å². The fraction of sp³-hybridized carbons (Fsp3) is 0.0800. The van der Waals surface area contributed by atoms with Gasteiger partial charge in [-0.25, -0.2) is 0 Å². The summed E-state index contributed by atoms with van der Waals surface area (Å²) < 4.78 is 6.00. The predicted octanol–water partition coefficient (Wildman–Crippen LogP) is 6.40. The van der Waals surface area contributed by atoms with Crippen LogP contribution < -0.4 is 10.1 Å². The van der Waals surface area contributed by atoms with E-state index in [4.69, 9.17) is 4.74 Å². The van der Waals surface area contributed by atoms with Crippen LogP contribution in [0.15, 0.2) is 107 Å². The lowest BCUT2D eigenvalue weighted by atomic mass is 10.1. The van der Waals surface area contributed by atoms with Crippen molar-refractivity contribution in [1.82, 2.24) is 0 Å². The molecule has 4 rings (SSSR count). The summed E-state index contributed by atoms with van der Waals surface area (Å²) in [5, 5.41) is 5.09. The summed E-state index contributed by atoms with van der Waals surface area (Å²) in [5.41, 5.74) is 0.778. The predicted molar refractivity (Wildman–Crippen MR) is 120 cm³/mol. The Kier molecular flexibility index (Phi) is 5.82. The number of fused-ring (bicyclic) bond motifs is 1. The Morgan fingerprint density at radius 2 is 1.52 bits per heavy atom. The molecule has 3 nitrogen and oxygen atoms in total. The fourth-order valence-corrected chi connectivity index (χ4v) is 3.97. The van der Waals surface area contributed by atoms with Gasteiger partial charge in [0.1, 0.15) is 5.75 Å². The summed E-state index contributed by atoms with van der Waals surface area (Å²) >= 11 is 1.62. The van der Waals surface area contributed by atoms with Gasteiger partial charge in [-0.15, -0.1) is 0 Å². The SMILES string of the molecule is C[C@H](Oc1cccc2ccccc12)C(=O)Nc1ccccc1Sc1ccccc1. The smallest absolute Gasteiger partial charge is 0.265 e. The largest absolute Gasteiger partial charge is 0.480 e. The van der Waals surface area contributed by atoms with Gasteiger partial charge in [-0.1, -0.05) is 78.5 Å². The molecule has 1 amide bonds. The van der Waals surface area contributed by atoms with Crippen LogP contribution in [0.3, 0.4) is 0 Å². The maximum Gasteiger partial charge on any atom is 0.265 e. The summed E-state index contributed by atoms with van der Waals surface area (Å²) in [5.74, 6) is 0.525. The van der Waals surface area contributed by atoms with Gasteiger partial charge in [0.25, 0.3) is 5.91 Å². The van der Waals surface area contributed by atoms with Crippen LogP contribution in [-0.4, -0.2) is 12.0 Å². The van der Waals surface area contributed by atoms with Gasteiger partial charge in [0.05, 0.1) is 5.69 Å². The molecule has 4 aromatic rings. The molecule has 0 bridgehead atoms. The molecule has 0 radical (unpaired) electrons. The van der Waals surface area contributed by atoms with Gasteiger partial charge >= 0.3 is 0 Å². The Labute approximate surface area is 174 Å². The minimum Gasteiger partial charge on any atom is -0.480 e. The summed E-state index contributed by atoms with van der Waals surface area (Å²) in [6, 6.07) is 31.8. The van der Waals surface area contributed by atoms with E-state index in [1.807, 2.05) is 84.9 Å². The van der Waals surface area contributed by atoms with Crippen LogP contribution in [-0.2, 0) is 4.79 Å². The first-order valence-corrected chi connectivity index (χ1v) is 10.3. The maximum absolute atomic E-state index is 12.8. The lowest BCUT2D eigenvalue weighted by molar-refractivity contribution is -0.122. The molecule has 0 spiro atoms. The molecule has 4 aromatic carbocycles. The normalized spacial score (nSPS) is 11.8. The number of para-hydroxylation sites is 1. The van der Waals surface area contributed by atoms with Gasteiger partial charge in [0.15, 0.2) is 6.10 Å². The van der Waals surface area contributed by atoms with Crippen molar-refractivity contribution >= 4 is 34.1 Å². The van der Waals surface area contributed by atoms with Crippen molar-refractivity contribution in [2.24, 2.45) is 0 Å². The molecule has 0 aliphatic heterocycles. The number of carbonyl (C=O) groups is 1. The van der Waals surface area contributed by atoms with Crippen LogP contribution >= 0.6 is 11.8 Å². The number of rotatable bonds is 6. The van der Waals surface area contributed by atoms with Crippen LogP contribution in [0.5, 0.6) is 5.75 Å². The van der Waals surface area contributed by atoms with Crippen molar-refractivity contribution in [3.05, 3.63) is 97.1 Å². The highest BCUT2D eigenvalue weighted by atomic mass is 32.2. The molecule has 29 heavy (non-hydrogen) atoms. The number of benzene rings is 4. The highest BCUT2D eigenvalue weighted by Gasteiger charge is 2.17. The first-order valence-electron chi connectivity index (χ1n) is 9.48. The van der Waals surface area contributed by atoms with Crippen molar-refractivity contribution < 1.29 is 9.53 Å². The van der Waals surface area contributed by atoms with Crippen molar-refractivity contribution in [1.29, 1.82) is 0 Å².